The summed E-state index contributed by atoms with van der Waals surface area (Å²) in [6, 6.07) is 20.3. The highest BCUT2D eigenvalue weighted by molar-refractivity contribution is 6.04. The van der Waals surface area contributed by atoms with Crippen molar-refractivity contribution in [3.05, 3.63) is 83.4 Å². The van der Waals surface area contributed by atoms with E-state index < -0.39 is 0 Å². The van der Waals surface area contributed by atoms with E-state index in [-0.39, 0.29) is 18.4 Å². The first-order valence-corrected chi connectivity index (χ1v) is 10.4. The highest BCUT2D eigenvalue weighted by Crippen LogP contribution is 2.33. The quantitative estimate of drug-likeness (QED) is 0.684. The number of amides is 2. The zero-order chi connectivity index (χ0) is 21.9. The molecule has 3 aromatic rings. The van der Waals surface area contributed by atoms with Gasteiger partial charge in [0.1, 0.15) is 19.0 Å². The van der Waals surface area contributed by atoms with Crippen molar-refractivity contribution < 1.29 is 23.8 Å². The maximum absolute atomic E-state index is 12.9. The second-order valence-electron chi connectivity index (χ2n) is 7.66. The van der Waals surface area contributed by atoms with Gasteiger partial charge in [-0.05, 0) is 35.9 Å². The summed E-state index contributed by atoms with van der Waals surface area (Å²) in [5, 5.41) is 2.89. The Morgan fingerprint density at radius 3 is 2.50 bits per heavy atom. The summed E-state index contributed by atoms with van der Waals surface area (Å²) in [6.45, 7) is 1.82. The molecule has 0 fully saturated rings. The molecular weight excluding hydrogens is 408 g/mol. The van der Waals surface area contributed by atoms with Crippen LogP contribution < -0.4 is 19.5 Å². The van der Waals surface area contributed by atoms with Crippen LogP contribution in [0.4, 0.5) is 5.69 Å². The van der Waals surface area contributed by atoms with Crippen molar-refractivity contribution in [1.82, 2.24) is 4.90 Å². The van der Waals surface area contributed by atoms with Gasteiger partial charge in [0.05, 0.1) is 0 Å². The predicted octanol–water partition coefficient (Wildman–Crippen LogP) is 3.63. The molecule has 0 bridgehead atoms. The molecule has 2 aliphatic heterocycles. The molecule has 7 heteroatoms. The van der Waals surface area contributed by atoms with Gasteiger partial charge < -0.3 is 24.4 Å². The van der Waals surface area contributed by atoms with Crippen molar-refractivity contribution in [3.63, 3.8) is 0 Å². The van der Waals surface area contributed by atoms with E-state index in [1.54, 1.807) is 41.3 Å². The fourth-order valence-corrected chi connectivity index (χ4v) is 3.78. The Bertz CT molecular complexity index is 1160. The molecule has 0 saturated heterocycles. The van der Waals surface area contributed by atoms with Gasteiger partial charge in [-0.25, -0.2) is 0 Å². The lowest BCUT2D eigenvalue weighted by Gasteiger charge is -2.20. The standard InChI is InChI=1S/C25H22N2O5/c28-24-16-32-21-8-6-18(12-19(21)15-27(24)14-17-4-2-1-3-5-17)25(29)26-20-7-9-22-23(13-20)31-11-10-30-22/h1-9,12-13H,10-11,14-16H2,(H,26,29). The largest absolute Gasteiger partial charge is 0.486 e. The molecule has 0 unspecified atom stereocenters. The zero-order valence-corrected chi connectivity index (χ0v) is 17.4. The van der Waals surface area contributed by atoms with Gasteiger partial charge in [0, 0.05) is 36.0 Å². The van der Waals surface area contributed by atoms with Crippen LogP contribution in [0.2, 0.25) is 0 Å². The number of carbonyl (C=O) groups is 2. The van der Waals surface area contributed by atoms with E-state index in [2.05, 4.69) is 5.32 Å². The summed E-state index contributed by atoms with van der Waals surface area (Å²) in [7, 11) is 0. The molecule has 0 aliphatic carbocycles. The van der Waals surface area contributed by atoms with Gasteiger partial charge >= 0.3 is 0 Å². The highest BCUT2D eigenvalue weighted by Gasteiger charge is 2.23. The Balaban J connectivity index is 1.34. The lowest BCUT2D eigenvalue weighted by Crippen LogP contribution is -2.31. The Labute approximate surface area is 185 Å². The van der Waals surface area contributed by atoms with E-state index in [0.29, 0.717) is 54.8 Å². The number of benzene rings is 3. The third-order valence-corrected chi connectivity index (χ3v) is 5.40. The SMILES string of the molecule is O=C(Nc1ccc2c(c1)OCCO2)c1ccc2c(c1)CN(Cc1ccccc1)C(=O)CO2. The topological polar surface area (TPSA) is 77.1 Å². The van der Waals surface area contributed by atoms with Crippen LogP contribution in [-0.4, -0.2) is 36.5 Å². The van der Waals surface area contributed by atoms with Gasteiger partial charge in [-0.2, -0.15) is 0 Å². The van der Waals surface area contributed by atoms with Crippen LogP contribution in [0.5, 0.6) is 17.2 Å². The van der Waals surface area contributed by atoms with Crippen LogP contribution >= 0.6 is 0 Å². The van der Waals surface area contributed by atoms with Gasteiger partial charge in [-0.3, -0.25) is 9.59 Å². The minimum atomic E-state index is -0.255. The molecule has 32 heavy (non-hydrogen) atoms. The van der Waals surface area contributed by atoms with Crippen molar-refractivity contribution in [2.24, 2.45) is 0 Å². The number of fused-ring (bicyclic) bond motifs is 2. The molecule has 1 N–H and O–H groups in total. The molecule has 0 atom stereocenters. The minimum absolute atomic E-state index is 0.0252. The van der Waals surface area contributed by atoms with Gasteiger partial charge in [-0.15, -0.1) is 0 Å². The fraction of sp³-hybridized carbons (Fsp3) is 0.200. The van der Waals surface area contributed by atoms with E-state index in [1.807, 2.05) is 30.3 Å². The Hall–Kier alpha value is -4.00. The zero-order valence-electron chi connectivity index (χ0n) is 17.4. The average Bonchev–Trinajstić information content (AvgIpc) is 2.98. The van der Waals surface area contributed by atoms with E-state index in [0.717, 1.165) is 11.1 Å². The van der Waals surface area contributed by atoms with Crippen LogP contribution in [0, 0.1) is 0 Å². The Kier molecular flexibility index (Phi) is 5.37. The Morgan fingerprint density at radius 1 is 0.875 bits per heavy atom. The van der Waals surface area contributed by atoms with Crippen molar-refractivity contribution in [2.75, 3.05) is 25.1 Å². The summed E-state index contributed by atoms with van der Waals surface area (Å²) in [5.41, 5.74) is 2.93. The Morgan fingerprint density at radius 2 is 1.66 bits per heavy atom. The molecule has 2 aliphatic rings. The number of hydrogen-bond donors (Lipinski definition) is 1. The monoisotopic (exact) mass is 430 g/mol. The number of nitrogens with one attached hydrogen (secondary N) is 1. The van der Waals surface area contributed by atoms with Crippen LogP contribution in [0.15, 0.2) is 66.7 Å². The van der Waals surface area contributed by atoms with E-state index in [9.17, 15) is 9.59 Å². The lowest BCUT2D eigenvalue weighted by molar-refractivity contribution is -0.133. The van der Waals surface area contributed by atoms with Gasteiger partial charge in [0.25, 0.3) is 11.8 Å². The summed E-state index contributed by atoms with van der Waals surface area (Å²) < 4.78 is 16.8. The predicted molar refractivity (Wildman–Crippen MR) is 118 cm³/mol. The lowest BCUT2D eigenvalue weighted by atomic mass is 10.1. The molecule has 0 saturated carbocycles. The molecule has 5 rings (SSSR count). The van der Waals surface area contributed by atoms with Gasteiger partial charge in [-0.1, -0.05) is 30.3 Å². The number of anilines is 1. The number of ether oxygens (including phenoxy) is 3. The minimum Gasteiger partial charge on any atom is -0.486 e. The van der Waals surface area contributed by atoms with Gasteiger partial charge in [0.15, 0.2) is 18.1 Å². The summed E-state index contributed by atoms with van der Waals surface area (Å²) in [6.07, 6.45) is 0. The van der Waals surface area contributed by atoms with E-state index in [4.69, 9.17) is 14.2 Å². The maximum atomic E-state index is 12.9. The number of hydrogen-bond acceptors (Lipinski definition) is 5. The second-order valence-corrected chi connectivity index (χ2v) is 7.66. The van der Waals surface area contributed by atoms with Gasteiger partial charge in [0.2, 0.25) is 0 Å². The van der Waals surface area contributed by atoms with Crippen LogP contribution in [-0.2, 0) is 17.9 Å². The van der Waals surface area contributed by atoms with Crippen LogP contribution in [0.3, 0.4) is 0 Å². The molecule has 2 amide bonds. The first-order valence-electron chi connectivity index (χ1n) is 10.4. The third-order valence-electron chi connectivity index (χ3n) is 5.40. The van der Waals surface area contributed by atoms with Crippen molar-refractivity contribution in [1.29, 1.82) is 0 Å². The second kappa shape index (κ2) is 8.63. The maximum Gasteiger partial charge on any atom is 0.261 e. The number of rotatable bonds is 4. The number of carbonyl (C=O) groups excluding carboxylic acids is 2. The van der Waals surface area contributed by atoms with Crippen LogP contribution in [0.1, 0.15) is 21.5 Å². The normalized spacial score (nSPS) is 14.8. The average molecular weight is 430 g/mol. The van der Waals surface area contributed by atoms with Crippen LogP contribution in [0.25, 0.3) is 0 Å². The summed E-state index contributed by atoms with van der Waals surface area (Å²) in [5.74, 6) is 1.55. The molecule has 3 aromatic carbocycles. The fourth-order valence-electron chi connectivity index (χ4n) is 3.78. The molecular formula is C25H22N2O5. The first kappa shape index (κ1) is 19.9. The van der Waals surface area contributed by atoms with E-state index >= 15 is 0 Å². The molecule has 162 valence electrons. The molecule has 2 heterocycles. The van der Waals surface area contributed by atoms with Crippen molar-refractivity contribution >= 4 is 17.5 Å². The van der Waals surface area contributed by atoms with Crippen molar-refractivity contribution in [2.45, 2.75) is 13.1 Å². The molecule has 0 aromatic heterocycles. The molecule has 7 nitrogen and oxygen atoms in total. The first-order chi connectivity index (χ1) is 15.7. The summed E-state index contributed by atoms with van der Waals surface area (Å²) >= 11 is 0. The molecule has 0 radical (unpaired) electrons. The third kappa shape index (κ3) is 4.23. The van der Waals surface area contributed by atoms with E-state index in [1.165, 1.54) is 0 Å². The highest BCUT2D eigenvalue weighted by atomic mass is 16.6. The molecule has 0 spiro atoms. The smallest absolute Gasteiger partial charge is 0.261 e. The number of nitrogens with zero attached hydrogens (tertiary/aromatic N) is 1. The van der Waals surface area contributed by atoms with Crippen molar-refractivity contribution in [3.8, 4) is 17.2 Å². The summed E-state index contributed by atoms with van der Waals surface area (Å²) in [4.78, 5) is 27.2.